The number of hydrogen-bond donors (Lipinski definition) is 2. The van der Waals surface area contributed by atoms with Crippen molar-refractivity contribution in [1.29, 1.82) is 0 Å². The molecule has 0 unspecified atom stereocenters. The van der Waals surface area contributed by atoms with Crippen molar-refractivity contribution in [2.45, 2.75) is 24.7 Å². The molecule has 4 aliphatic rings. The van der Waals surface area contributed by atoms with E-state index >= 15 is 0 Å². The molecule has 10 nitrogen and oxygen atoms in total. The molecule has 0 spiro atoms. The second-order valence-corrected chi connectivity index (χ2v) is 7.60. The molecule has 2 saturated heterocycles. The fraction of sp³-hybridized carbons (Fsp3) is 0.556. The fourth-order valence-corrected chi connectivity index (χ4v) is 4.61. The van der Waals surface area contributed by atoms with E-state index in [2.05, 4.69) is 10.3 Å². The number of ether oxygens (including phenoxy) is 2. The van der Waals surface area contributed by atoms with Crippen LogP contribution in [0.15, 0.2) is 27.5 Å². The fourth-order valence-electron chi connectivity index (χ4n) is 4.61. The molecular weight excluding hydrogens is 366 g/mol. The van der Waals surface area contributed by atoms with Crippen molar-refractivity contribution in [3.05, 3.63) is 22.5 Å². The molecule has 1 amide bonds. The largest absolute Gasteiger partial charge is 1.00 e. The van der Waals surface area contributed by atoms with Gasteiger partial charge >= 0.3 is 7.52 Å². The third kappa shape index (κ3) is 2.34. The maximum absolute atomic E-state index is 13.4. The summed E-state index contributed by atoms with van der Waals surface area (Å²) in [4.78, 5) is 45.6. The zero-order valence-corrected chi connectivity index (χ0v) is 16.2. The first-order chi connectivity index (χ1) is 13.2. The highest BCUT2D eigenvalue weighted by Gasteiger charge is 2.72. The molecule has 4 rings (SSSR count). The molecule has 0 saturated carbocycles. The van der Waals surface area contributed by atoms with Gasteiger partial charge in [-0.3, -0.25) is 9.59 Å². The average molecular weight is 390 g/mol. The summed E-state index contributed by atoms with van der Waals surface area (Å²) >= 11 is 0. The van der Waals surface area contributed by atoms with Crippen molar-refractivity contribution in [2.24, 2.45) is 16.6 Å². The molecule has 0 bridgehead atoms. The van der Waals surface area contributed by atoms with Crippen LogP contribution in [0, 0.1) is 5.92 Å². The molecule has 0 radical (unpaired) electrons. The Kier molecular flexibility index (Phi) is 4.09. The van der Waals surface area contributed by atoms with Crippen LogP contribution in [0.25, 0.3) is 0 Å². The Balaban J connectivity index is 0.00000240. The molecule has 0 aromatic carbocycles. The molecule has 10 heteroatoms. The summed E-state index contributed by atoms with van der Waals surface area (Å²) in [6.07, 6.45) is 0.530. The molecule has 28 heavy (non-hydrogen) atoms. The van der Waals surface area contributed by atoms with Gasteiger partial charge in [-0.2, -0.15) is 0 Å². The van der Waals surface area contributed by atoms with E-state index in [0.717, 1.165) is 0 Å². The van der Waals surface area contributed by atoms with Crippen LogP contribution in [-0.2, 0) is 19.1 Å². The van der Waals surface area contributed by atoms with Gasteiger partial charge in [0.05, 0.1) is 24.0 Å². The summed E-state index contributed by atoms with van der Waals surface area (Å²) < 4.78 is 11.0. The molecule has 3 N–H and O–H groups in total. The number of nitrogens with zero attached hydrogens (tertiary/aromatic N) is 3. The van der Waals surface area contributed by atoms with Crippen LogP contribution >= 0.6 is 0 Å². The first kappa shape index (κ1) is 18.6. The number of primary amides is 1. The number of carbonyl (C=O) groups is 3. The summed E-state index contributed by atoms with van der Waals surface area (Å²) in [5.41, 5.74) is 5.16. The number of rotatable bonds is 5. The van der Waals surface area contributed by atoms with Gasteiger partial charge in [0.15, 0.2) is 5.72 Å². The van der Waals surface area contributed by atoms with Gasteiger partial charge in [-0.05, 0) is 6.92 Å². The molecule has 0 aromatic heterocycles. The number of allylic oxidation sites excluding steroid dienone is 2. The smallest absolute Gasteiger partial charge is 0.449 e. The number of aliphatic imine (C=N–C) groups is 1. The average Bonchev–Trinajstić information content (AvgIpc) is 3.24. The number of fused-ring (bicyclic) bond motifs is 4. The molecular formula is C18H24N5O5+. The topological polar surface area (TPSA) is 136 Å². The second-order valence-electron chi connectivity index (χ2n) is 7.60. The quantitative estimate of drug-likeness (QED) is 0.267. The highest BCUT2D eigenvalue weighted by Crippen LogP contribution is 2.55. The van der Waals surface area contributed by atoms with E-state index in [9.17, 15) is 14.4 Å². The zero-order valence-electron chi connectivity index (χ0n) is 17.2. The Bertz CT molecular complexity index is 882. The SMILES string of the molecule is CO[C@@]12[C@H](COC(N)=O)C3=C(C(=O)C(C)=C(N=CN(C)C)C3=O)N1C[C@@H]1N[C@@H]12.[H+]. The van der Waals surface area contributed by atoms with E-state index in [0.29, 0.717) is 12.2 Å². The number of nitrogens with two attached hydrogens (primary N) is 1. The van der Waals surface area contributed by atoms with Gasteiger partial charge in [-0.15, -0.1) is 0 Å². The molecule has 4 atom stereocenters. The first-order valence-electron chi connectivity index (χ1n) is 9.00. The summed E-state index contributed by atoms with van der Waals surface area (Å²) in [5, 5.41) is 3.31. The third-order valence-electron chi connectivity index (χ3n) is 5.81. The van der Waals surface area contributed by atoms with Gasteiger partial charge in [0.1, 0.15) is 12.3 Å². The van der Waals surface area contributed by atoms with Crippen LogP contribution in [0.4, 0.5) is 4.79 Å². The highest BCUT2D eigenvalue weighted by atomic mass is 16.6. The zero-order chi connectivity index (χ0) is 20.4. The Morgan fingerprint density at radius 1 is 1.46 bits per heavy atom. The van der Waals surface area contributed by atoms with Crippen LogP contribution < -0.4 is 11.1 Å². The van der Waals surface area contributed by atoms with E-state index in [4.69, 9.17) is 15.2 Å². The monoisotopic (exact) mass is 390 g/mol. The van der Waals surface area contributed by atoms with Gasteiger partial charge in [0, 0.05) is 44.9 Å². The van der Waals surface area contributed by atoms with Crippen molar-refractivity contribution in [3.63, 3.8) is 0 Å². The maximum atomic E-state index is 13.4. The predicted octanol–water partition coefficient (Wildman–Crippen LogP) is -0.907. The Hall–Kier alpha value is -2.72. The van der Waals surface area contributed by atoms with E-state index in [1.165, 1.54) is 13.4 Å². The lowest BCUT2D eigenvalue weighted by Crippen LogP contribution is -2.55. The summed E-state index contributed by atoms with van der Waals surface area (Å²) in [6.45, 7) is 1.97. The lowest BCUT2D eigenvalue weighted by atomic mass is 9.82. The normalized spacial score (nSPS) is 33.4. The van der Waals surface area contributed by atoms with E-state index in [-0.39, 0.29) is 48.5 Å². The van der Waals surface area contributed by atoms with Crippen molar-refractivity contribution >= 4 is 24.0 Å². The summed E-state index contributed by atoms with van der Waals surface area (Å²) in [6, 6.07) is 0.0876. The Labute approximate surface area is 163 Å². The van der Waals surface area contributed by atoms with Gasteiger partial charge in [0.2, 0.25) is 11.6 Å². The van der Waals surface area contributed by atoms with Crippen LogP contribution in [-0.4, -0.2) is 86.0 Å². The lowest BCUT2D eigenvalue weighted by Gasteiger charge is -2.39. The Morgan fingerprint density at radius 3 is 2.79 bits per heavy atom. The molecule has 1 aliphatic carbocycles. The van der Waals surface area contributed by atoms with Gasteiger partial charge in [0.25, 0.3) is 0 Å². The number of amides is 1. The van der Waals surface area contributed by atoms with Gasteiger partial charge in [-0.1, -0.05) is 0 Å². The van der Waals surface area contributed by atoms with Crippen molar-refractivity contribution in [2.75, 3.05) is 34.4 Å². The molecule has 3 aliphatic heterocycles. The third-order valence-corrected chi connectivity index (χ3v) is 5.81. The minimum absolute atomic E-state index is 0. The number of hydrogen-bond acceptors (Lipinski definition) is 8. The standard InChI is InChI=1S/C18H23N5O5/c1-8-12(20-7-22(2)3)15(25)11-9(6-28-17(19)26)18(27-4)16-10(21-16)5-23(18)13(11)14(8)24/h7,9-10,16,21H,5-6H2,1-4H3,(H2,19,26)/p+1/t9-,10+,16+,18-/m1/s1. The molecule has 2 fully saturated rings. The number of methoxy groups -OCH3 is 1. The van der Waals surface area contributed by atoms with Crippen LogP contribution in [0.3, 0.4) is 0 Å². The van der Waals surface area contributed by atoms with Crippen LogP contribution in [0.5, 0.6) is 0 Å². The number of nitrogens with one attached hydrogen (secondary N) is 1. The van der Waals surface area contributed by atoms with Gasteiger partial charge in [-0.25, -0.2) is 9.79 Å². The summed E-state index contributed by atoms with van der Waals surface area (Å²) in [5.74, 6) is -1.27. The molecule has 3 heterocycles. The number of piperazine rings is 1. The number of carbonyl (C=O) groups excluding carboxylic acids is 3. The molecule has 150 valence electrons. The van der Waals surface area contributed by atoms with Crippen LogP contribution in [0.2, 0.25) is 0 Å². The maximum Gasteiger partial charge on any atom is 1.00 e. The number of ketones is 2. The van der Waals surface area contributed by atoms with Crippen molar-refractivity contribution < 1.29 is 25.3 Å². The second kappa shape index (κ2) is 6.14. The summed E-state index contributed by atoms with van der Waals surface area (Å²) in [7, 11) is 5.08. The van der Waals surface area contributed by atoms with Crippen molar-refractivity contribution in [1.82, 2.24) is 15.1 Å². The highest BCUT2D eigenvalue weighted by molar-refractivity contribution is 6.25. The van der Waals surface area contributed by atoms with E-state index in [1.807, 2.05) is 4.90 Å². The van der Waals surface area contributed by atoms with E-state index in [1.54, 1.807) is 25.9 Å². The molecule has 0 aromatic rings. The van der Waals surface area contributed by atoms with Gasteiger partial charge < -0.3 is 30.3 Å². The van der Waals surface area contributed by atoms with Crippen LogP contribution in [0.1, 0.15) is 8.35 Å². The minimum atomic E-state index is -0.975. The van der Waals surface area contributed by atoms with Crippen molar-refractivity contribution in [3.8, 4) is 0 Å². The van der Waals surface area contributed by atoms with E-state index < -0.39 is 17.7 Å². The predicted molar refractivity (Wildman–Crippen MR) is 99.2 cm³/mol. The number of Topliss-reactive ketones (excluding diaryl/α,β-unsaturated/α-hetero) is 2. The minimum Gasteiger partial charge on any atom is -0.449 e. The first-order valence-corrected chi connectivity index (χ1v) is 9.00. The Morgan fingerprint density at radius 2 is 2.18 bits per heavy atom. The lowest BCUT2D eigenvalue weighted by molar-refractivity contribution is -0.137.